The lowest BCUT2D eigenvalue weighted by atomic mass is 9.69. The summed E-state index contributed by atoms with van der Waals surface area (Å²) in [7, 11) is 0. The minimum Gasteiger partial charge on any atom is -0.355 e. The summed E-state index contributed by atoms with van der Waals surface area (Å²) < 4.78 is 0. The summed E-state index contributed by atoms with van der Waals surface area (Å²) in [6.45, 7) is 3.48. The number of nitrogens with two attached hydrogens (primary N) is 1. The van der Waals surface area contributed by atoms with Crippen LogP contribution in [0.2, 0.25) is 0 Å². The molecule has 0 radical (unpaired) electrons. The van der Waals surface area contributed by atoms with Crippen LogP contribution in [0.5, 0.6) is 0 Å². The SMILES string of the molecule is Cc1cccc(C2(CNC(=O)CCCN)CCCCC2)c1. The maximum atomic E-state index is 11.9. The fourth-order valence-electron chi connectivity index (χ4n) is 3.39. The first-order chi connectivity index (χ1) is 10.2. The number of rotatable bonds is 6. The zero-order valence-corrected chi connectivity index (χ0v) is 13.2. The van der Waals surface area contributed by atoms with E-state index in [1.807, 2.05) is 0 Å². The van der Waals surface area contributed by atoms with Gasteiger partial charge in [0.1, 0.15) is 0 Å². The average Bonchev–Trinajstić information content (AvgIpc) is 2.52. The highest BCUT2D eigenvalue weighted by atomic mass is 16.1. The number of carbonyl (C=O) groups is 1. The highest BCUT2D eigenvalue weighted by Gasteiger charge is 2.34. The van der Waals surface area contributed by atoms with Crippen molar-refractivity contribution in [2.75, 3.05) is 13.1 Å². The monoisotopic (exact) mass is 288 g/mol. The van der Waals surface area contributed by atoms with Gasteiger partial charge < -0.3 is 11.1 Å². The molecule has 0 aromatic heterocycles. The molecule has 1 aliphatic rings. The van der Waals surface area contributed by atoms with Crippen LogP contribution in [0, 0.1) is 6.92 Å². The molecule has 0 aliphatic heterocycles. The van der Waals surface area contributed by atoms with E-state index in [1.54, 1.807) is 0 Å². The largest absolute Gasteiger partial charge is 0.355 e. The number of benzene rings is 1. The van der Waals surface area contributed by atoms with Gasteiger partial charge in [-0.2, -0.15) is 0 Å². The fraction of sp³-hybridized carbons (Fsp3) is 0.611. The van der Waals surface area contributed by atoms with Gasteiger partial charge in [-0.15, -0.1) is 0 Å². The van der Waals surface area contributed by atoms with Crippen LogP contribution in [0.25, 0.3) is 0 Å². The number of nitrogens with one attached hydrogen (secondary N) is 1. The molecule has 21 heavy (non-hydrogen) atoms. The molecule has 1 aromatic carbocycles. The van der Waals surface area contributed by atoms with Crippen molar-refractivity contribution in [1.82, 2.24) is 5.32 Å². The molecule has 1 aliphatic carbocycles. The molecule has 0 saturated heterocycles. The summed E-state index contributed by atoms with van der Waals surface area (Å²) in [5, 5.41) is 3.15. The van der Waals surface area contributed by atoms with Crippen molar-refractivity contribution < 1.29 is 4.79 Å². The molecule has 0 atom stereocenters. The van der Waals surface area contributed by atoms with Crippen LogP contribution in [-0.4, -0.2) is 19.0 Å². The minimum atomic E-state index is 0.128. The predicted molar refractivity (Wildman–Crippen MR) is 87.2 cm³/mol. The molecule has 3 heteroatoms. The first-order valence-electron chi connectivity index (χ1n) is 8.20. The third kappa shape index (κ3) is 4.31. The van der Waals surface area contributed by atoms with Crippen molar-refractivity contribution in [1.29, 1.82) is 0 Å². The van der Waals surface area contributed by atoms with E-state index in [4.69, 9.17) is 5.73 Å². The number of amides is 1. The second-order valence-corrected chi connectivity index (χ2v) is 6.38. The Kier molecular flexibility index (Phi) is 5.80. The molecule has 0 heterocycles. The molecule has 116 valence electrons. The Hall–Kier alpha value is -1.35. The summed E-state index contributed by atoms with van der Waals surface area (Å²) in [6.07, 6.45) is 7.48. The summed E-state index contributed by atoms with van der Waals surface area (Å²) in [5.74, 6) is 0.137. The predicted octanol–water partition coefficient (Wildman–Crippen LogP) is 3.05. The van der Waals surface area contributed by atoms with E-state index in [2.05, 4.69) is 36.5 Å². The van der Waals surface area contributed by atoms with E-state index >= 15 is 0 Å². The Labute approximate surface area is 128 Å². The molecule has 1 saturated carbocycles. The van der Waals surface area contributed by atoms with Gasteiger partial charge in [-0.1, -0.05) is 49.1 Å². The molecule has 0 spiro atoms. The highest BCUT2D eigenvalue weighted by molar-refractivity contribution is 5.76. The molecule has 0 bridgehead atoms. The molecule has 1 amide bonds. The maximum absolute atomic E-state index is 11.9. The van der Waals surface area contributed by atoms with Gasteiger partial charge in [-0.25, -0.2) is 0 Å². The summed E-state index contributed by atoms with van der Waals surface area (Å²) in [6, 6.07) is 8.79. The highest BCUT2D eigenvalue weighted by Crippen LogP contribution is 2.39. The summed E-state index contributed by atoms with van der Waals surface area (Å²) in [4.78, 5) is 11.9. The van der Waals surface area contributed by atoms with Gasteiger partial charge in [0, 0.05) is 18.4 Å². The van der Waals surface area contributed by atoms with Crippen LogP contribution in [0.3, 0.4) is 0 Å². The van der Waals surface area contributed by atoms with Crippen molar-refractivity contribution >= 4 is 5.91 Å². The van der Waals surface area contributed by atoms with E-state index < -0.39 is 0 Å². The van der Waals surface area contributed by atoms with Crippen LogP contribution in [-0.2, 0) is 10.2 Å². The van der Waals surface area contributed by atoms with Crippen molar-refractivity contribution in [2.45, 2.75) is 57.3 Å². The maximum Gasteiger partial charge on any atom is 0.220 e. The van der Waals surface area contributed by atoms with Crippen molar-refractivity contribution in [2.24, 2.45) is 5.73 Å². The van der Waals surface area contributed by atoms with Gasteiger partial charge in [0.2, 0.25) is 5.91 Å². The lowest BCUT2D eigenvalue weighted by Gasteiger charge is -2.38. The van der Waals surface area contributed by atoms with E-state index in [0.717, 1.165) is 13.0 Å². The molecule has 2 rings (SSSR count). The molecule has 3 N–H and O–H groups in total. The Bertz CT molecular complexity index is 464. The van der Waals surface area contributed by atoms with Crippen LogP contribution in [0.4, 0.5) is 0 Å². The average molecular weight is 288 g/mol. The molecule has 1 aromatic rings. The second kappa shape index (κ2) is 7.60. The van der Waals surface area contributed by atoms with Crippen LogP contribution in [0.15, 0.2) is 24.3 Å². The van der Waals surface area contributed by atoms with Gasteiger partial charge in [-0.3, -0.25) is 4.79 Å². The van der Waals surface area contributed by atoms with Gasteiger partial charge in [0.15, 0.2) is 0 Å². The molecule has 3 nitrogen and oxygen atoms in total. The molecule has 0 unspecified atom stereocenters. The van der Waals surface area contributed by atoms with E-state index in [-0.39, 0.29) is 11.3 Å². The Morgan fingerprint density at radius 3 is 2.71 bits per heavy atom. The van der Waals surface area contributed by atoms with E-state index in [1.165, 1.54) is 43.2 Å². The van der Waals surface area contributed by atoms with Crippen molar-refractivity contribution in [3.63, 3.8) is 0 Å². The fourth-order valence-corrected chi connectivity index (χ4v) is 3.39. The van der Waals surface area contributed by atoms with Crippen LogP contribution < -0.4 is 11.1 Å². The van der Waals surface area contributed by atoms with E-state index in [0.29, 0.717) is 13.0 Å². The zero-order chi connectivity index (χ0) is 15.1. The topological polar surface area (TPSA) is 55.1 Å². The summed E-state index contributed by atoms with van der Waals surface area (Å²) in [5.41, 5.74) is 8.29. The normalized spacial score (nSPS) is 17.4. The third-order valence-corrected chi connectivity index (χ3v) is 4.67. The summed E-state index contributed by atoms with van der Waals surface area (Å²) >= 11 is 0. The van der Waals surface area contributed by atoms with Crippen LogP contribution in [0.1, 0.15) is 56.1 Å². The van der Waals surface area contributed by atoms with Gasteiger partial charge >= 0.3 is 0 Å². The lowest BCUT2D eigenvalue weighted by molar-refractivity contribution is -0.121. The first-order valence-corrected chi connectivity index (χ1v) is 8.20. The number of carbonyl (C=O) groups excluding carboxylic acids is 1. The lowest BCUT2D eigenvalue weighted by Crippen LogP contribution is -2.42. The number of hydrogen-bond acceptors (Lipinski definition) is 2. The standard InChI is InChI=1S/C18H28N2O/c1-15-7-5-8-16(13-15)18(10-3-2-4-11-18)14-20-17(21)9-6-12-19/h5,7-8,13H,2-4,6,9-12,14,19H2,1H3,(H,20,21). The van der Waals surface area contributed by atoms with Gasteiger partial charge in [-0.05, 0) is 38.3 Å². The van der Waals surface area contributed by atoms with E-state index in [9.17, 15) is 4.79 Å². The quantitative estimate of drug-likeness (QED) is 0.845. The Balaban J connectivity index is 2.08. The zero-order valence-electron chi connectivity index (χ0n) is 13.2. The Morgan fingerprint density at radius 2 is 2.05 bits per heavy atom. The molecular weight excluding hydrogens is 260 g/mol. The van der Waals surface area contributed by atoms with Gasteiger partial charge in [0.25, 0.3) is 0 Å². The smallest absolute Gasteiger partial charge is 0.220 e. The molecule has 1 fully saturated rings. The minimum absolute atomic E-state index is 0.128. The number of aryl methyl sites for hydroxylation is 1. The molecular formula is C18H28N2O. The van der Waals surface area contributed by atoms with Crippen molar-refractivity contribution in [3.05, 3.63) is 35.4 Å². The Morgan fingerprint density at radius 1 is 1.29 bits per heavy atom. The van der Waals surface area contributed by atoms with Gasteiger partial charge in [0.05, 0.1) is 0 Å². The first kappa shape index (κ1) is 16.0. The third-order valence-electron chi connectivity index (χ3n) is 4.67. The van der Waals surface area contributed by atoms with Crippen molar-refractivity contribution in [3.8, 4) is 0 Å². The van der Waals surface area contributed by atoms with Crippen LogP contribution >= 0.6 is 0 Å². The number of hydrogen-bond donors (Lipinski definition) is 2. The second-order valence-electron chi connectivity index (χ2n) is 6.38.